The average molecular weight is 253 g/mol. The molecular weight excluding hydrogens is 234 g/mol. The maximum absolute atomic E-state index is 11.8. The van der Waals surface area contributed by atoms with Crippen molar-refractivity contribution in [2.24, 2.45) is 0 Å². The van der Waals surface area contributed by atoms with Crippen LogP contribution >= 0.6 is 0 Å². The van der Waals surface area contributed by atoms with Crippen LogP contribution in [0.4, 0.5) is 0 Å². The van der Waals surface area contributed by atoms with E-state index in [9.17, 15) is 9.59 Å². The lowest BCUT2D eigenvalue weighted by molar-refractivity contribution is -0.139. The third-order valence-corrected chi connectivity index (χ3v) is 2.54. The molecule has 1 heterocycles. The second kappa shape index (κ2) is 5.20. The molecule has 100 valence electrons. The monoisotopic (exact) mass is 253 g/mol. The molecule has 1 aromatic rings. The van der Waals surface area contributed by atoms with Gasteiger partial charge in [-0.25, -0.2) is 4.79 Å². The van der Waals surface area contributed by atoms with Gasteiger partial charge in [0.2, 0.25) is 0 Å². The molecule has 0 saturated heterocycles. The van der Waals surface area contributed by atoms with Gasteiger partial charge in [-0.1, -0.05) is 6.92 Å². The van der Waals surface area contributed by atoms with Gasteiger partial charge in [0.15, 0.2) is 0 Å². The number of hydrogen-bond donors (Lipinski definition) is 2. The van der Waals surface area contributed by atoms with Crippen molar-refractivity contribution >= 4 is 11.9 Å². The molecule has 0 fully saturated rings. The molecule has 1 amide bonds. The highest BCUT2D eigenvalue weighted by molar-refractivity contribution is 5.96. The van der Waals surface area contributed by atoms with Gasteiger partial charge in [0.1, 0.15) is 6.04 Å². The van der Waals surface area contributed by atoms with E-state index in [4.69, 9.17) is 5.11 Å². The van der Waals surface area contributed by atoms with E-state index >= 15 is 0 Å². The summed E-state index contributed by atoms with van der Waals surface area (Å²) in [5.41, 5.74) is 0.153. The number of hydrogen-bond acceptors (Lipinski definition) is 3. The molecule has 0 aromatic carbocycles. The Kier molecular flexibility index (Phi) is 4.11. The van der Waals surface area contributed by atoms with Crippen molar-refractivity contribution in [1.82, 2.24) is 15.1 Å². The first-order chi connectivity index (χ1) is 8.25. The molecule has 2 N–H and O–H groups in total. The number of nitrogens with one attached hydrogen (secondary N) is 1. The first-order valence-electron chi connectivity index (χ1n) is 5.84. The van der Waals surface area contributed by atoms with Crippen LogP contribution in [0, 0.1) is 0 Å². The van der Waals surface area contributed by atoms with Crippen molar-refractivity contribution in [2.75, 3.05) is 0 Å². The summed E-state index contributed by atoms with van der Waals surface area (Å²) in [5.74, 6) is -1.45. The standard InChI is InChI=1S/C12H19N3O3/c1-5-9(11(17)18)14-10(16)8-6-13-15(7-8)12(2,3)4/h6-7,9H,5H2,1-4H3,(H,14,16)(H,17,18). The SMILES string of the molecule is CCC(NC(=O)c1cnn(C(C)(C)C)c1)C(=O)O. The number of carbonyl (C=O) groups excluding carboxylic acids is 1. The summed E-state index contributed by atoms with van der Waals surface area (Å²) >= 11 is 0. The molecule has 0 spiro atoms. The topological polar surface area (TPSA) is 84.2 Å². The lowest BCUT2D eigenvalue weighted by atomic mass is 10.1. The summed E-state index contributed by atoms with van der Waals surface area (Å²) in [7, 11) is 0. The number of nitrogens with zero attached hydrogens (tertiary/aromatic N) is 2. The molecular formula is C12H19N3O3. The van der Waals surface area contributed by atoms with Crippen LogP contribution in [0.25, 0.3) is 0 Å². The first kappa shape index (κ1) is 14.2. The molecule has 0 aliphatic rings. The van der Waals surface area contributed by atoms with Gasteiger partial charge >= 0.3 is 5.97 Å². The summed E-state index contributed by atoms with van der Waals surface area (Å²) in [4.78, 5) is 22.7. The number of carbonyl (C=O) groups is 2. The summed E-state index contributed by atoms with van der Waals surface area (Å²) < 4.78 is 1.67. The minimum absolute atomic E-state index is 0.213. The minimum Gasteiger partial charge on any atom is -0.480 e. The highest BCUT2D eigenvalue weighted by atomic mass is 16.4. The summed E-state index contributed by atoms with van der Waals surface area (Å²) in [6, 6.07) is -0.865. The number of carboxylic acids is 1. The molecule has 18 heavy (non-hydrogen) atoms. The van der Waals surface area contributed by atoms with Gasteiger partial charge in [-0.2, -0.15) is 5.10 Å². The smallest absolute Gasteiger partial charge is 0.326 e. The summed E-state index contributed by atoms with van der Waals surface area (Å²) in [6.45, 7) is 7.60. The van der Waals surface area contributed by atoms with Crippen molar-refractivity contribution < 1.29 is 14.7 Å². The Morgan fingerprint density at radius 3 is 2.50 bits per heavy atom. The fourth-order valence-electron chi connectivity index (χ4n) is 1.39. The Labute approximate surface area is 106 Å². The maximum Gasteiger partial charge on any atom is 0.326 e. The normalized spacial score (nSPS) is 13.1. The van der Waals surface area contributed by atoms with Gasteiger partial charge in [0.05, 0.1) is 17.3 Å². The van der Waals surface area contributed by atoms with Crippen LogP contribution < -0.4 is 5.32 Å². The summed E-state index contributed by atoms with van der Waals surface area (Å²) in [6.07, 6.45) is 3.40. The van der Waals surface area contributed by atoms with Crippen molar-refractivity contribution in [3.63, 3.8) is 0 Å². The van der Waals surface area contributed by atoms with E-state index in [-0.39, 0.29) is 5.54 Å². The van der Waals surface area contributed by atoms with Crippen LogP contribution in [-0.4, -0.2) is 32.8 Å². The molecule has 1 rings (SSSR count). The van der Waals surface area contributed by atoms with Crippen LogP contribution in [0.1, 0.15) is 44.5 Å². The number of aliphatic carboxylic acids is 1. The molecule has 1 unspecified atom stereocenters. The van der Waals surface area contributed by atoms with Gasteiger partial charge in [-0.15, -0.1) is 0 Å². The predicted molar refractivity (Wildman–Crippen MR) is 66.4 cm³/mol. The zero-order valence-corrected chi connectivity index (χ0v) is 11.1. The van der Waals surface area contributed by atoms with Gasteiger partial charge in [0.25, 0.3) is 5.91 Å². The number of carboxylic acid groups (broad SMARTS) is 1. The van der Waals surface area contributed by atoms with Gasteiger partial charge in [-0.3, -0.25) is 9.48 Å². The van der Waals surface area contributed by atoms with Gasteiger partial charge < -0.3 is 10.4 Å². The van der Waals surface area contributed by atoms with E-state index in [0.29, 0.717) is 12.0 Å². The van der Waals surface area contributed by atoms with Crippen molar-refractivity contribution in [2.45, 2.75) is 45.7 Å². The average Bonchev–Trinajstić information content (AvgIpc) is 2.73. The molecule has 6 nitrogen and oxygen atoms in total. The van der Waals surface area contributed by atoms with E-state index in [1.807, 2.05) is 20.8 Å². The number of aromatic nitrogens is 2. The quantitative estimate of drug-likeness (QED) is 0.845. The molecule has 0 aliphatic heterocycles. The Bertz CT molecular complexity index is 446. The molecule has 1 atom stereocenters. The Balaban J connectivity index is 2.79. The van der Waals surface area contributed by atoms with Crippen LogP contribution in [-0.2, 0) is 10.3 Å². The molecule has 6 heteroatoms. The Hall–Kier alpha value is -1.85. The predicted octanol–water partition coefficient (Wildman–Crippen LogP) is 1.23. The fourth-order valence-corrected chi connectivity index (χ4v) is 1.39. The Morgan fingerprint density at radius 1 is 1.50 bits per heavy atom. The minimum atomic E-state index is -1.03. The van der Waals surface area contributed by atoms with Crippen LogP contribution in [0.15, 0.2) is 12.4 Å². The number of amides is 1. The molecule has 0 bridgehead atoms. The van der Waals surface area contributed by atoms with E-state index < -0.39 is 17.9 Å². The largest absolute Gasteiger partial charge is 0.480 e. The van der Waals surface area contributed by atoms with E-state index in [1.165, 1.54) is 6.20 Å². The first-order valence-corrected chi connectivity index (χ1v) is 5.84. The van der Waals surface area contributed by atoms with Gasteiger partial charge in [-0.05, 0) is 27.2 Å². The summed E-state index contributed by atoms with van der Waals surface area (Å²) in [5, 5.41) is 15.4. The van der Waals surface area contributed by atoms with Crippen LogP contribution in [0.3, 0.4) is 0 Å². The van der Waals surface area contributed by atoms with Crippen LogP contribution in [0.2, 0.25) is 0 Å². The van der Waals surface area contributed by atoms with Crippen molar-refractivity contribution in [3.05, 3.63) is 18.0 Å². The van der Waals surface area contributed by atoms with E-state index in [0.717, 1.165) is 0 Å². The van der Waals surface area contributed by atoms with E-state index in [1.54, 1.807) is 17.8 Å². The lowest BCUT2D eigenvalue weighted by Gasteiger charge is -2.18. The molecule has 1 aromatic heterocycles. The van der Waals surface area contributed by atoms with E-state index in [2.05, 4.69) is 10.4 Å². The zero-order chi connectivity index (χ0) is 13.9. The third-order valence-electron chi connectivity index (χ3n) is 2.54. The second-order valence-electron chi connectivity index (χ2n) is 5.12. The molecule has 0 radical (unpaired) electrons. The van der Waals surface area contributed by atoms with Crippen LogP contribution in [0.5, 0.6) is 0 Å². The fraction of sp³-hybridized carbons (Fsp3) is 0.583. The second-order valence-corrected chi connectivity index (χ2v) is 5.12. The molecule has 0 saturated carbocycles. The highest BCUT2D eigenvalue weighted by Crippen LogP contribution is 2.13. The molecule has 0 aliphatic carbocycles. The van der Waals surface area contributed by atoms with Crippen molar-refractivity contribution in [3.8, 4) is 0 Å². The third kappa shape index (κ3) is 3.32. The van der Waals surface area contributed by atoms with Crippen molar-refractivity contribution in [1.29, 1.82) is 0 Å². The lowest BCUT2D eigenvalue weighted by Crippen LogP contribution is -2.40. The maximum atomic E-state index is 11.8. The highest BCUT2D eigenvalue weighted by Gasteiger charge is 2.21. The zero-order valence-electron chi connectivity index (χ0n) is 11.1. The van der Waals surface area contributed by atoms with Gasteiger partial charge in [0, 0.05) is 6.20 Å². The number of rotatable bonds is 4. The Morgan fingerprint density at radius 2 is 2.11 bits per heavy atom.